The molecular formula is C25H36O10. The van der Waals surface area contributed by atoms with Gasteiger partial charge >= 0.3 is 5.97 Å². The van der Waals surface area contributed by atoms with Crippen molar-refractivity contribution in [3.63, 3.8) is 0 Å². The summed E-state index contributed by atoms with van der Waals surface area (Å²) in [5.41, 5.74) is 0.337. The van der Waals surface area contributed by atoms with Gasteiger partial charge < -0.3 is 43.7 Å². The van der Waals surface area contributed by atoms with E-state index in [2.05, 4.69) is 0 Å². The van der Waals surface area contributed by atoms with E-state index in [9.17, 15) is 20.1 Å². The highest BCUT2D eigenvalue weighted by Gasteiger charge is 2.43. The molecule has 5 atom stereocenters. The smallest absolute Gasteiger partial charge is 0.340 e. The highest BCUT2D eigenvalue weighted by Crippen LogP contribution is 2.34. The van der Waals surface area contributed by atoms with E-state index < -0.39 is 42.3 Å². The van der Waals surface area contributed by atoms with Crippen molar-refractivity contribution in [3.05, 3.63) is 41.5 Å². The van der Waals surface area contributed by atoms with Gasteiger partial charge in [-0.15, -0.1) is 0 Å². The van der Waals surface area contributed by atoms with Crippen LogP contribution in [0.5, 0.6) is 11.5 Å². The molecule has 0 aliphatic carbocycles. The maximum absolute atomic E-state index is 11.9. The Morgan fingerprint density at radius 2 is 1.89 bits per heavy atom. The molecule has 10 nitrogen and oxygen atoms in total. The van der Waals surface area contributed by atoms with Crippen molar-refractivity contribution < 1.29 is 48.5 Å². The van der Waals surface area contributed by atoms with Gasteiger partial charge in [-0.2, -0.15) is 0 Å². The van der Waals surface area contributed by atoms with Crippen LogP contribution >= 0.6 is 0 Å². The lowest BCUT2D eigenvalue weighted by atomic mass is 10.0. The highest BCUT2D eigenvalue weighted by molar-refractivity contribution is 5.95. The molecule has 0 bridgehead atoms. The summed E-state index contributed by atoms with van der Waals surface area (Å²) in [4.78, 5) is 11.9. The van der Waals surface area contributed by atoms with E-state index in [0.717, 1.165) is 0 Å². The summed E-state index contributed by atoms with van der Waals surface area (Å²) in [5, 5.41) is 30.2. The van der Waals surface area contributed by atoms with E-state index in [1.807, 2.05) is 0 Å². The highest BCUT2D eigenvalue weighted by atomic mass is 16.8. The third kappa shape index (κ3) is 8.03. The lowest BCUT2D eigenvalue weighted by molar-refractivity contribution is -0.152. The number of ether oxygens (including phenoxy) is 6. The minimum absolute atomic E-state index is 0.0359. The molecule has 3 N–H and O–H groups in total. The predicted octanol–water partition coefficient (Wildman–Crippen LogP) is 2.61. The zero-order chi connectivity index (χ0) is 26.2. The molecule has 0 spiro atoms. The number of hydrogen-bond acceptors (Lipinski definition) is 9. The average molecular weight is 497 g/mol. The minimum Gasteiger partial charge on any atom is -0.497 e. The van der Waals surface area contributed by atoms with Crippen LogP contribution in [0.3, 0.4) is 0 Å². The van der Waals surface area contributed by atoms with Gasteiger partial charge in [0, 0.05) is 20.3 Å². The summed E-state index contributed by atoms with van der Waals surface area (Å²) in [6.07, 6.45) is 3.24. The van der Waals surface area contributed by atoms with Crippen LogP contribution in [-0.4, -0.2) is 85.7 Å². The van der Waals surface area contributed by atoms with Crippen molar-refractivity contribution in [3.8, 4) is 11.5 Å². The van der Waals surface area contributed by atoms with E-state index in [4.69, 9.17) is 28.4 Å². The Morgan fingerprint density at radius 1 is 1.17 bits per heavy atom. The molecule has 1 aromatic rings. The molecule has 1 saturated heterocycles. The molecule has 196 valence electrons. The zero-order valence-corrected chi connectivity index (χ0v) is 21.0. The van der Waals surface area contributed by atoms with Gasteiger partial charge in [0.15, 0.2) is 12.6 Å². The van der Waals surface area contributed by atoms with Crippen LogP contribution in [0.2, 0.25) is 0 Å². The van der Waals surface area contributed by atoms with Gasteiger partial charge in [0.25, 0.3) is 0 Å². The van der Waals surface area contributed by atoms with E-state index >= 15 is 0 Å². The second kappa shape index (κ2) is 13.0. The van der Waals surface area contributed by atoms with Gasteiger partial charge in [0.05, 0.1) is 19.3 Å². The maximum atomic E-state index is 11.9. The van der Waals surface area contributed by atoms with Crippen LogP contribution in [0.1, 0.15) is 43.1 Å². The molecule has 1 unspecified atom stereocenters. The summed E-state index contributed by atoms with van der Waals surface area (Å²) in [5.74, 6) is -1.55. The van der Waals surface area contributed by atoms with Crippen molar-refractivity contribution in [2.45, 2.75) is 63.5 Å². The predicted molar refractivity (Wildman–Crippen MR) is 128 cm³/mol. The summed E-state index contributed by atoms with van der Waals surface area (Å²) in [6.45, 7) is 4.97. The van der Waals surface area contributed by atoms with E-state index in [1.54, 1.807) is 45.1 Å². The number of carbonyl (C=O) groups is 1. The van der Waals surface area contributed by atoms with Crippen molar-refractivity contribution in [1.82, 2.24) is 0 Å². The number of aliphatic hydroxyl groups is 2. The topological polar surface area (TPSA) is 133 Å². The first-order valence-electron chi connectivity index (χ1n) is 11.2. The fraction of sp³-hybridized carbons (Fsp3) is 0.560. The second-order valence-electron chi connectivity index (χ2n) is 8.54. The van der Waals surface area contributed by atoms with Crippen LogP contribution in [0, 0.1) is 0 Å². The van der Waals surface area contributed by atoms with Gasteiger partial charge in [-0.05, 0) is 38.8 Å². The Hall–Kier alpha value is -2.47. The van der Waals surface area contributed by atoms with E-state index in [-0.39, 0.29) is 18.1 Å². The SMILES string of the molecule is COCOc1cc(OC)cc(/C=C/C[C@H]2OC(C)(C)O[C@@H]2C(O)/C=C\[C@H](OC)[C@H](C)O)c1C(=O)O. The Balaban J connectivity index is 2.25. The summed E-state index contributed by atoms with van der Waals surface area (Å²) >= 11 is 0. The number of aromatic carboxylic acids is 1. The van der Waals surface area contributed by atoms with Crippen LogP contribution in [0.25, 0.3) is 6.08 Å². The number of aliphatic hydroxyl groups excluding tert-OH is 2. The number of carboxylic acids is 1. The van der Waals surface area contributed by atoms with Gasteiger partial charge in [0.1, 0.15) is 35.4 Å². The van der Waals surface area contributed by atoms with Crippen molar-refractivity contribution in [1.29, 1.82) is 0 Å². The van der Waals surface area contributed by atoms with E-state index in [0.29, 0.717) is 17.7 Å². The van der Waals surface area contributed by atoms with Crippen molar-refractivity contribution >= 4 is 12.0 Å². The van der Waals surface area contributed by atoms with Crippen LogP contribution in [-0.2, 0) is 18.9 Å². The average Bonchev–Trinajstić information content (AvgIpc) is 3.11. The Morgan fingerprint density at radius 3 is 2.46 bits per heavy atom. The molecule has 1 heterocycles. The fourth-order valence-electron chi connectivity index (χ4n) is 3.76. The zero-order valence-electron chi connectivity index (χ0n) is 21.0. The Kier molecular flexibility index (Phi) is 10.7. The Bertz CT molecular complexity index is 892. The largest absolute Gasteiger partial charge is 0.497 e. The maximum Gasteiger partial charge on any atom is 0.340 e. The molecule has 0 saturated carbocycles. The quantitative estimate of drug-likeness (QED) is 0.276. The molecular weight excluding hydrogens is 460 g/mol. The standard InChI is InChI=1S/C25H36O10/c1-15(26)19(32-6)11-10-18(27)23-20(34-25(2,3)35-23)9-7-8-16-12-17(31-5)13-21(33-14-30-4)22(16)24(28)29/h7-8,10-13,15,18-20,23,26-27H,9,14H2,1-6H3,(H,28,29)/b8-7+,11-10-/t15-,18?,19-,20+,23+/m0/s1. The van der Waals surface area contributed by atoms with Gasteiger partial charge in [-0.1, -0.05) is 24.3 Å². The van der Waals surface area contributed by atoms with Crippen molar-refractivity contribution in [2.75, 3.05) is 28.1 Å². The monoisotopic (exact) mass is 496 g/mol. The lowest BCUT2D eigenvalue weighted by Crippen LogP contribution is -2.34. The molecule has 0 aromatic heterocycles. The first-order valence-corrected chi connectivity index (χ1v) is 11.2. The molecule has 10 heteroatoms. The summed E-state index contributed by atoms with van der Waals surface area (Å²) < 4.78 is 32.7. The normalized spacial score (nSPS) is 22.4. The number of methoxy groups -OCH3 is 3. The van der Waals surface area contributed by atoms with Gasteiger partial charge in [-0.25, -0.2) is 4.79 Å². The molecule has 1 aliphatic heterocycles. The second-order valence-corrected chi connectivity index (χ2v) is 8.54. The number of benzene rings is 1. The first kappa shape index (κ1) is 28.8. The third-order valence-corrected chi connectivity index (χ3v) is 5.36. The van der Waals surface area contributed by atoms with Gasteiger partial charge in [0.2, 0.25) is 0 Å². The van der Waals surface area contributed by atoms with Crippen LogP contribution < -0.4 is 9.47 Å². The molecule has 35 heavy (non-hydrogen) atoms. The Labute approximate surface area is 205 Å². The molecule has 0 amide bonds. The minimum atomic E-state index is -1.16. The molecule has 1 fully saturated rings. The third-order valence-electron chi connectivity index (χ3n) is 5.36. The fourth-order valence-corrected chi connectivity index (χ4v) is 3.76. The number of hydrogen-bond donors (Lipinski definition) is 3. The lowest BCUT2D eigenvalue weighted by Gasteiger charge is -2.21. The van der Waals surface area contributed by atoms with E-state index in [1.165, 1.54) is 33.5 Å². The van der Waals surface area contributed by atoms with Crippen LogP contribution in [0.15, 0.2) is 30.4 Å². The first-order chi connectivity index (χ1) is 16.5. The summed E-state index contributed by atoms with van der Waals surface area (Å²) in [6, 6.07) is 3.07. The molecule has 1 aromatic carbocycles. The van der Waals surface area contributed by atoms with Crippen molar-refractivity contribution in [2.24, 2.45) is 0 Å². The molecule has 1 aliphatic rings. The molecule has 2 rings (SSSR count). The molecule has 0 radical (unpaired) electrons. The number of rotatable bonds is 13. The summed E-state index contributed by atoms with van der Waals surface area (Å²) in [7, 11) is 4.38. The van der Waals surface area contributed by atoms with Gasteiger partial charge in [-0.3, -0.25) is 0 Å². The van der Waals surface area contributed by atoms with Crippen LogP contribution in [0.4, 0.5) is 0 Å². The number of carboxylic acid groups (broad SMARTS) is 1.